The number of hydrogen-bond donors (Lipinski definition) is 3. The molecule has 1 amide bonds. The number of nitrogens with zero attached hydrogens (tertiary/aromatic N) is 1. The Morgan fingerprint density at radius 1 is 0.862 bits per heavy atom. The molecular formula is C17H39N2NaO7S2. The Morgan fingerprint density at radius 3 is 1.62 bits per heavy atom. The summed E-state index contributed by atoms with van der Waals surface area (Å²) < 4.78 is 57.2. The number of carbonyl (C=O) groups excluding carboxylic acids is 1. The van der Waals surface area contributed by atoms with Gasteiger partial charge >= 0.3 is 29.6 Å². The van der Waals surface area contributed by atoms with Crippen LogP contribution in [0.25, 0.3) is 0 Å². The zero-order valence-corrected chi connectivity index (χ0v) is 21.8. The Morgan fingerprint density at radius 2 is 1.28 bits per heavy atom. The van der Waals surface area contributed by atoms with E-state index in [1.165, 1.54) is 43.4 Å². The Labute approximate surface area is 200 Å². The molecule has 0 rings (SSSR count). The van der Waals surface area contributed by atoms with Crippen LogP contribution in [0.2, 0.25) is 0 Å². The molecule has 0 spiro atoms. The van der Waals surface area contributed by atoms with Crippen molar-refractivity contribution in [3.05, 3.63) is 0 Å². The molecule has 0 bridgehead atoms. The van der Waals surface area contributed by atoms with Crippen LogP contribution in [0.3, 0.4) is 0 Å². The van der Waals surface area contributed by atoms with Crippen LogP contribution in [0.1, 0.15) is 72.6 Å². The maximum absolute atomic E-state index is 11.7. The molecule has 0 atom stereocenters. The van der Waals surface area contributed by atoms with E-state index in [1.54, 1.807) is 7.05 Å². The van der Waals surface area contributed by atoms with E-state index < -0.39 is 26.0 Å². The molecule has 0 unspecified atom stereocenters. The first-order valence-corrected chi connectivity index (χ1v) is 13.0. The Hall–Kier alpha value is 0.250. The minimum absolute atomic E-state index is 0. The van der Waals surface area contributed by atoms with Crippen LogP contribution >= 0.6 is 0 Å². The average Bonchev–Trinajstić information content (AvgIpc) is 2.56. The first-order chi connectivity index (χ1) is 12.9. The number of hydrogen-bond acceptors (Lipinski definition) is 6. The molecule has 12 heteroatoms. The molecule has 172 valence electrons. The van der Waals surface area contributed by atoms with Crippen molar-refractivity contribution in [3.8, 4) is 0 Å². The molecule has 0 aliphatic carbocycles. The van der Waals surface area contributed by atoms with Crippen molar-refractivity contribution >= 4 is 26.1 Å². The zero-order chi connectivity index (χ0) is 22.1. The molecule has 4 N–H and O–H groups in total. The summed E-state index contributed by atoms with van der Waals surface area (Å²) in [5.74, 6) is -0.804. The Bertz CT molecular complexity index is 605. The number of nitrogens with two attached hydrogens (primary N) is 1. The second kappa shape index (κ2) is 20.2. The van der Waals surface area contributed by atoms with E-state index in [0.29, 0.717) is 6.42 Å². The topological polar surface area (TPSA) is 155 Å². The molecular weight excluding hydrogens is 431 g/mol. The fourth-order valence-corrected chi connectivity index (χ4v) is 3.11. The fraction of sp³-hybridized carbons (Fsp3) is 0.941. The summed E-state index contributed by atoms with van der Waals surface area (Å²) in [7, 11) is -6.22. The minimum atomic E-state index is -3.99. The van der Waals surface area contributed by atoms with Crippen molar-refractivity contribution < 1.29 is 61.7 Å². The molecule has 0 aromatic carbocycles. The van der Waals surface area contributed by atoms with Crippen molar-refractivity contribution in [3.63, 3.8) is 0 Å². The third-order valence-electron chi connectivity index (χ3n) is 3.98. The van der Waals surface area contributed by atoms with Gasteiger partial charge in [0, 0.05) is 26.6 Å². The van der Waals surface area contributed by atoms with Gasteiger partial charge in [-0.15, -0.1) is 0 Å². The average molecular weight is 471 g/mol. The number of rotatable bonds is 15. The number of carbonyl (C=O) groups is 1. The predicted molar refractivity (Wildman–Crippen MR) is 112 cm³/mol. The number of unbranched alkanes of at least 4 members (excludes halogenated alkanes) is 8. The van der Waals surface area contributed by atoms with E-state index in [9.17, 15) is 21.6 Å². The van der Waals surface area contributed by atoms with Crippen LogP contribution in [-0.2, 0) is 25.0 Å². The van der Waals surface area contributed by atoms with E-state index in [2.05, 4.69) is 6.92 Å². The number of amides is 1. The van der Waals surface area contributed by atoms with Crippen LogP contribution in [0.15, 0.2) is 0 Å². The van der Waals surface area contributed by atoms with Crippen LogP contribution in [0.5, 0.6) is 0 Å². The summed E-state index contributed by atoms with van der Waals surface area (Å²) in [5, 5.41) is 0. The van der Waals surface area contributed by atoms with Gasteiger partial charge in [-0.25, -0.2) is 0 Å². The second-order valence-electron chi connectivity index (χ2n) is 6.75. The smallest absolute Gasteiger partial charge is 1.00 e. The van der Waals surface area contributed by atoms with Crippen molar-refractivity contribution in [1.29, 1.82) is 0 Å². The van der Waals surface area contributed by atoms with Gasteiger partial charge in [0.05, 0.1) is 11.5 Å². The first kappa shape index (κ1) is 33.9. The van der Waals surface area contributed by atoms with E-state index in [1.807, 2.05) is 0 Å². The SMILES string of the molecule is CCCCCCCCCCCC(=O)N(C)CCS(=O)(=O)O.NCCS(=O)(=O)O.[H-].[Na+]. The summed E-state index contributed by atoms with van der Waals surface area (Å²) in [6.45, 7) is 2.23. The monoisotopic (exact) mass is 470 g/mol. The molecule has 0 heterocycles. The summed E-state index contributed by atoms with van der Waals surface area (Å²) in [5.41, 5.74) is 4.78. The molecule has 0 saturated heterocycles. The van der Waals surface area contributed by atoms with Gasteiger partial charge < -0.3 is 12.1 Å². The third kappa shape index (κ3) is 30.5. The Balaban J connectivity index is -0.000000323. The molecule has 0 aliphatic rings. The largest absolute Gasteiger partial charge is 1.00 e. The molecule has 0 saturated carbocycles. The quantitative estimate of drug-likeness (QED) is 0.160. The van der Waals surface area contributed by atoms with Gasteiger partial charge in [0.15, 0.2) is 0 Å². The van der Waals surface area contributed by atoms with Gasteiger partial charge in [-0.1, -0.05) is 58.3 Å². The van der Waals surface area contributed by atoms with Crippen LogP contribution < -0.4 is 35.3 Å². The maximum atomic E-state index is 11.7. The molecule has 0 aromatic rings. The van der Waals surface area contributed by atoms with Crippen LogP contribution in [0.4, 0.5) is 0 Å². The molecule has 0 radical (unpaired) electrons. The van der Waals surface area contributed by atoms with Gasteiger partial charge in [0.1, 0.15) is 0 Å². The summed E-state index contributed by atoms with van der Waals surface area (Å²) in [4.78, 5) is 13.1. The molecule has 0 aromatic heterocycles. The summed E-state index contributed by atoms with van der Waals surface area (Å²) >= 11 is 0. The van der Waals surface area contributed by atoms with Gasteiger partial charge in [-0.05, 0) is 6.42 Å². The Kier molecular flexibility index (Phi) is 23.6. The van der Waals surface area contributed by atoms with Gasteiger partial charge in [0.2, 0.25) is 5.91 Å². The molecule has 0 fully saturated rings. The fourth-order valence-electron chi connectivity index (χ4n) is 2.30. The molecule has 0 aliphatic heterocycles. The molecule has 29 heavy (non-hydrogen) atoms. The van der Waals surface area contributed by atoms with Crippen molar-refractivity contribution in [2.45, 2.75) is 71.1 Å². The van der Waals surface area contributed by atoms with E-state index >= 15 is 0 Å². The van der Waals surface area contributed by atoms with E-state index in [-0.39, 0.29) is 55.7 Å². The van der Waals surface area contributed by atoms with Crippen molar-refractivity contribution in [2.75, 3.05) is 31.6 Å². The van der Waals surface area contributed by atoms with Gasteiger partial charge in [0.25, 0.3) is 20.2 Å². The minimum Gasteiger partial charge on any atom is -1.00 e. The van der Waals surface area contributed by atoms with Crippen LogP contribution in [0, 0.1) is 0 Å². The predicted octanol–water partition coefficient (Wildman–Crippen LogP) is -0.797. The first-order valence-electron chi connectivity index (χ1n) is 9.77. The summed E-state index contributed by atoms with van der Waals surface area (Å²) in [6, 6.07) is 0. The van der Waals surface area contributed by atoms with E-state index in [0.717, 1.165) is 19.3 Å². The second-order valence-corrected chi connectivity index (χ2v) is 9.90. The molecule has 9 nitrogen and oxygen atoms in total. The van der Waals surface area contributed by atoms with Crippen molar-refractivity contribution in [1.82, 2.24) is 4.90 Å². The van der Waals surface area contributed by atoms with Crippen molar-refractivity contribution in [2.24, 2.45) is 5.73 Å². The van der Waals surface area contributed by atoms with Crippen LogP contribution in [-0.4, -0.2) is 68.4 Å². The van der Waals surface area contributed by atoms with Gasteiger partial charge in [-0.3, -0.25) is 13.9 Å². The summed E-state index contributed by atoms with van der Waals surface area (Å²) in [6.07, 6.45) is 11.3. The standard InChI is InChI=1S/C15H31NO4S.C2H7NO3S.Na.H/c1-3-4-5-6-7-8-9-10-11-12-15(17)16(2)13-14-21(18,19)20;3-1-2-7(4,5)6;;/h3-14H2,1-2H3,(H,18,19,20);1-3H2,(H,4,5,6);;/q;;+1;-1. The van der Waals surface area contributed by atoms with E-state index in [4.69, 9.17) is 14.8 Å². The zero-order valence-electron chi connectivity index (χ0n) is 19.2. The normalized spacial score (nSPS) is 11.2. The maximum Gasteiger partial charge on any atom is 1.00 e. The van der Waals surface area contributed by atoms with Gasteiger partial charge in [-0.2, -0.15) is 16.8 Å². The third-order valence-corrected chi connectivity index (χ3v) is 5.43.